The molecule has 0 aliphatic rings. The monoisotopic (exact) mass is 310 g/mol. The molecule has 7 heteroatoms. The van der Waals surface area contributed by atoms with E-state index in [2.05, 4.69) is 0 Å². The van der Waals surface area contributed by atoms with Gasteiger partial charge >= 0.3 is 0 Å². The van der Waals surface area contributed by atoms with Crippen molar-refractivity contribution in [1.82, 2.24) is 0 Å². The topological polar surface area (TPSA) is 113 Å². The summed E-state index contributed by atoms with van der Waals surface area (Å²) in [6.45, 7) is 0.462. The average molecular weight is 310 g/mol. The highest BCUT2D eigenvalue weighted by Crippen LogP contribution is 2.25. The van der Waals surface area contributed by atoms with E-state index in [-0.39, 0.29) is 11.3 Å². The van der Waals surface area contributed by atoms with Crippen molar-refractivity contribution in [3.63, 3.8) is 0 Å². The molecule has 0 radical (unpaired) electrons. The average Bonchev–Trinajstić information content (AvgIpc) is 2.54. The van der Waals surface area contributed by atoms with Crippen molar-refractivity contribution in [2.24, 2.45) is 5.73 Å². The number of amides is 1. The number of benzene rings is 2. The Morgan fingerprint density at radius 1 is 1.30 bits per heavy atom. The number of non-ortho nitro benzene ring substituents is 1. The van der Waals surface area contributed by atoms with E-state index in [1.807, 2.05) is 18.2 Å². The lowest BCUT2D eigenvalue weighted by molar-refractivity contribution is -0.384. The minimum Gasteiger partial charge on any atom is -0.370 e. The molecule has 2 rings (SSSR count). The number of carbonyl (C=O) groups excluding carboxylic acids is 1. The summed E-state index contributed by atoms with van der Waals surface area (Å²) in [5.74, 6) is -0.727. The molecule has 23 heavy (non-hydrogen) atoms. The van der Waals surface area contributed by atoms with Crippen molar-refractivity contribution in [3.05, 3.63) is 69.3 Å². The number of hydrogen-bond donors (Lipinski definition) is 1. The van der Waals surface area contributed by atoms with Crippen LogP contribution in [0.4, 0.5) is 11.4 Å². The molecule has 0 aliphatic heterocycles. The molecular weight excluding hydrogens is 296 g/mol. The van der Waals surface area contributed by atoms with Crippen LogP contribution in [0.3, 0.4) is 0 Å². The van der Waals surface area contributed by atoms with Gasteiger partial charge in [0, 0.05) is 25.7 Å². The SMILES string of the molecule is CN(Cc1ccc(C#N)cc1)c1ccc([N+](=O)[O-])cc1C(N)=O. The maximum absolute atomic E-state index is 11.6. The number of nitrogens with zero attached hydrogens (tertiary/aromatic N) is 3. The minimum absolute atomic E-state index is 0.0929. The Kier molecular flexibility index (Phi) is 4.57. The maximum Gasteiger partial charge on any atom is 0.270 e. The first-order chi connectivity index (χ1) is 10.9. The van der Waals surface area contributed by atoms with Crippen LogP contribution >= 0.6 is 0 Å². The number of nitro groups is 1. The van der Waals surface area contributed by atoms with Gasteiger partial charge in [-0.25, -0.2) is 0 Å². The quantitative estimate of drug-likeness (QED) is 0.671. The summed E-state index contributed by atoms with van der Waals surface area (Å²) in [6.07, 6.45) is 0. The van der Waals surface area contributed by atoms with Crippen LogP contribution in [0.2, 0.25) is 0 Å². The number of nitrogens with two attached hydrogens (primary N) is 1. The van der Waals surface area contributed by atoms with Gasteiger partial charge in [-0.2, -0.15) is 5.26 Å². The Morgan fingerprint density at radius 3 is 2.48 bits per heavy atom. The zero-order valence-corrected chi connectivity index (χ0v) is 12.4. The highest BCUT2D eigenvalue weighted by atomic mass is 16.6. The summed E-state index contributed by atoms with van der Waals surface area (Å²) in [4.78, 5) is 23.6. The van der Waals surface area contributed by atoms with E-state index in [0.29, 0.717) is 17.8 Å². The molecule has 0 aliphatic carbocycles. The fraction of sp³-hybridized carbons (Fsp3) is 0.125. The van der Waals surface area contributed by atoms with Crippen LogP contribution in [0.15, 0.2) is 42.5 Å². The van der Waals surface area contributed by atoms with Gasteiger partial charge in [-0.3, -0.25) is 14.9 Å². The third-order valence-corrected chi connectivity index (χ3v) is 3.37. The van der Waals surface area contributed by atoms with E-state index in [4.69, 9.17) is 11.0 Å². The number of carbonyl (C=O) groups is 1. The zero-order valence-electron chi connectivity index (χ0n) is 12.4. The van der Waals surface area contributed by atoms with Gasteiger partial charge in [0.05, 0.1) is 27.8 Å². The van der Waals surface area contributed by atoms with Crippen molar-refractivity contribution in [2.75, 3.05) is 11.9 Å². The standard InChI is InChI=1S/C16H14N4O3/c1-19(10-12-4-2-11(9-17)3-5-12)15-7-6-13(20(22)23)8-14(15)16(18)21/h2-8H,10H2,1H3,(H2,18,21). The highest BCUT2D eigenvalue weighted by Gasteiger charge is 2.17. The predicted molar refractivity (Wildman–Crippen MR) is 84.9 cm³/mol. The van der Waals surface area contributed by atoms with Gasteiger partial charge in [-0.05, 0) is 23.8 Å². The van der Waals surface area contributed by atoms with Crippen molar-refractivity contribution in [2.45, 2.75) is 6.54 Å². The molecule has 1 amide bonds. The van der Waals surface area contributed by atoms with Crippen LogP contribution in [0.25, 0.3) is 0 Å². The molecule has 0 saturated carbocycles. The molecule has 7 nitrogen and oxygen atoms in total. The van der Waals surface area contributed by atoms with E-state index in [9.17, 15) is 14.9 Å². The molecule has 0 atom stereocenters. The first-order valence-corrected chi connectivity index (χ1v) is 6.71. The number of anilines is 1. The van der Waals surface area contributed by atoms with E-state index in [1.54, 1.807) is 24.1 Å². The van der Waals surface area contributed by atoms with E-state index in [0.717, 1.165) is 5.56 Å². The summed E-state index contributed by atoms with van der Waals surface area (Å²) in [6, 6.07) is 13.1. The van der Waals surface area contributed by atoms with Gasteiger partial charge in [0.25, 0.3) is 11.6 Å². The number of nitriles is 1. The fourth-order valence-electron chi connectivity index (χ4n) is 2.21. The Bertz CT molecular complexity index is 794. The van der Waals surface area contributed by atoms with Gasteiger partial charge in [0.2, 0.25) is 0 Å². The van der Waals surface area contributed by atoms with Crippen molar-refractivity contribution >= 4 is 17.3 Å². The molecule has 0 fully saturated rings. The smallest absolute Gasteiger partial charge is 0.270 e. The molecule has 2 aromatic rings. The Hall–Kier alpha value is -3.40. The molecule has 2 N–H and O–H groups in total. The summed E-state index contributed by atoms with van der Waals surface area (Å²) in [5, 5.41) is 19.6. The Labute approximate surface area is 132 Å². The van der Waals surface area contributed by atoms with Gasteiger partial charge in [-0.1, -0.05) is 12.1 Å². The van der Waals surface area contributed by atoms with Crippen molar-refractivity contribution < 1.29 is 9.72 Å². The van der Waals surface area contributed by atoms with E-state index >= 15 is 0 Å². The van der Waals surface area contributed by atoms with Gasteiger partial charge in [0.15, 0.2) is 0 Å². The largest absolute Gasteiger partial charge is 0.370 e. The molecular formula is C16H14N4O3. The third-order valence-electron chi connectivity index (χ3n) is 3.37. The number of hydrogen-bond acceptors (Lipinski definition) is 5. The predicted octanol–water partition coefficient (Wildman–Crippen LogP) is 2.20. The molecule has 0 saturated heterocycles. The molecule has 0 unspecified atom stereocenters. The molecule has 116 valence electrons. The number of rotatable bonds is 5. The van der Waals surface area contributed by atoms with Crippen LogP contribution in [0.5, 0.6) is 0 Å². The van der Waals surface area contributed by atoms with E-state index in [1.165, 1.54) is 18.2 Å². The highest BCUT2D eigenvalue weighted by molar-refractivity contribution is 5.99. The Balaban J connectivity index is 2.30. The van der Waals surface area contributed by atoms with Crippen LogP contribution < -0.4 is 10.6 Å². The van der Waals surface area contributed by atoms with Gasteiger partial charge in [-0.15, -0.1) is 0 Å². The van der Waals surface area contributed by atoms with Gasteiger partial charge < -0.3 is 10.6 Å². The van der Waals surface area contributed by atoms with Crippen molar-refractivity contribution in [1.29, 1.82) is 5.26 Å². The summed E-state index contributed by atoms with van der Waals surface area (Å²) in [5.41, 5.74) is 7.23. The van der Waals surface area contributed by atoms with Crippen LogP contribution in [-0.4, -0.2) is 17.9 Å². The summed E-state index contributed by atoms with van der Waals surface area (Å²) >= 11 is 0. The maximum atomic E-state index is 11.6. The summed E-state index contributed by atoms with van der Waals surface area (Å²) in [7, 11) is 1.76. The van der Waals surface area contributed by atoms with E-state index < -0.39 is 10.8 Å². The van der Waals surface area contributed by atoms with Crippen LogP contribution in [0, 0.1) is 21.4 Å². The first-order valence-electron chi connectivity index (χ1n) is 6.71. The second kappa shape index (κ2) is 6.58. The lowest BCUT2D eigenvalue weighted by atomic mass is 10.1. The zero-order chi connectivity index (χ0) is 17.0. The molecule has 0 spiro atoms. The summed E-state index contributed by atoms with van der Waals surface area (Å²) < 4.78 is 0. The van der Waals surface area contributed by atoms with Crippen LogP contribution in [0.1, 0.15) is 21.5 Å². The minimum atomic E-state index is -0.727. The molecule has 0 bridgehead atoms. The lowest BCUT2D eigenvalue weighted by Crippen LogP contribution is -2.22. The second-order valence-electron chi connectivity index (χ2n) is 4.99. The lowest BCUT2D eigenvalue weighted by Gasteiger charge is -2.21. The molecule has 0 aromatic heterocycles. The normalized spacial score (nSPS) is 9.91. The number of nitro benzene ring substituents is 1. The molecule has 0 heterocycles. The molecule has 2 aromatic carbocycles. The van der Waals surface area contributed by atoms with Crippen LogP contribution in [-0.2, 0) is 6.54 Å². The number of primary amides is 1. The fourth-order valence-corrected chi connectivity index (χ4v) is 2.21. The second-order valence-corrected chi connectivity index (χ2v) is 4.99. The third kappa shape index (κ3) is 3.63. The van der Waals surface area contributed by atoms with Crippen molar-refractivity contribution in [3.8, 4) is 6.07 Å². The van der Waals surface area contributed by atoms with Gasteiger partial charge in [0.1, 0.15) is 0 Å². The Morgan fingerprint density at radius 2 is 1.96 bits per heavy atom. The first kappa shape index (κ1) is 16.0.